The van der Waals surface area contributed by atoms with E-state index in [0.717, 1.165) is 17.4 Å². The first-order valence-electron chi connectivity index (χ1n) is 6.10. The molecule has 98 valence electrons. The lowest BCUT2D eigenvalue weighted by molar-refractivity contribution is -0.121. The van der Waals surface area contributed by atoms with Crippen LogP contribution in [0.5, 0.6) is 0 Å². The van der Waals surface area contributed by atoms with Crippen molar-refractivity contribution in [2.45, 2.75) is 12.5 Å². The van der Waals surface area contributed by atoms with Gasteiger partial charge in [-0.2, -0.15) is 0 Å². The number of carbonyl (C=O) groups excluding carboxylic acids is 1. The largest absolute Gasteiger partial charge is 0.369 e. The number of hydrogen-bond acceptors (Lipinski definition) is 3. The van der Waals surface area contributed by atoms with Gasteiger partial charge in [0.15, 0.2) is 0 Å². The monoisotopic (exact) mass is 311 g/mol. The number of benzene rings is 1. The zero-order chi connectivity index (χ0) is 13.1. The highest BCUT2D eigenvalue weighted by Gasteiger charge is 2.31. The van der Waals surface area contributed by atoms with Gasteiger partial charge in [0, 0.05) is 23.6 Å². The fraction of sp³-hybridized carbons (Fsp3) is 0.462. The SMILES string of the molecule is NCC(c1ccc(Br)cc1)N1CCC(C(N)=O)C1. The molecule has 0 aromatic heterocycles. The fourth-order valence-electron chi connectivity index (χ4n) is 2.48. The van der Waals surface area contributed by atoms with Gasteiger partial charge in [0.25, 0.3) is 0 Å². The zero-order valence-electron chi connectivity index (χ0n) is 10.2. The van der Waals surface area contributed by atoms with E-state index in [-0.39, 0.29) is 17.9 Å². The van der Waals surface area contributed by atoms with E-state index in [0.29, 0.717) is 13.1 Å². The lowest BCUT2D eigenvalue weighted by atomic mass is 10.1. The van der Waals surface area contributed by atoms with E-state index in [4.69, 9.17) is 11.5 Å². The van der Waals surface area contributed by atoms with Crippen LogP contribution in [0.3, 0.4) is 0 Å². The summed E-state index contributed by atoms with van der Waals surface area (Å²) >= 11 is 3.42. The molecule has 1 fully saturated rings. The summed E-state index contributed by atoms with van der Waals surface area (Å²) in [6.07, 6.45) is 0.836. The van der Waals surface area contributed by atoms with Crippen LogP contribution in [0, 0.1) is 5.92 Å². The Bertz CT molecular complexity index is 421. The van der Waals surface area contributed by atoms with Crippen LogP contribution in [0.15, 0.2) is 28.7 Å². The molecule has 1 saturated heterocycles. The van der Waals surface area contributed by atoms with Crippen molar-refractivity contribution in [2.24, 2.45) is 17.4 Å². The summed E-state index contributed by atoms with van der Waals surface area (Å²) in [5.41, 5.74) is 12.4. The number of amides is 1. The van der Waals surface area contributed by atoms with E-state index in [1.807, 2.05) is 12.1 Å². The predicted molar refractivity (Wildman–Crippen MR) is 74.8 cm³/mol. The van der Waals surface area contributed by atoms with E-state index in [1.165, 1.54) is 5.56 Å². The highest BCUT2D eigenvalue weighted by Crippen LogP contribution is 2.27. The number of halogens is 1. The lowest BCUT2D eigenvalue weighted by Crippen LogP contribution is -2.34. The average Bonchev–Trinajstić information content (AvgIpc) is 2.82. The van der Waals surface area contributed by atoms with E-state index in [9.17, 15) is 4.79 Å². The van der Waals surface area contributed by atoms with Crippen LogP contribution in [-0.4, -0.2) is 30.4 Å². The van der Waals surface area contributed by atoms with Gasteiger partial charge in [-0.1, -0.05) is 28.1 Å². The Balaban J connectivity index is 2.10. The molecule has 4 nitrogen and oxygen atoms in total. The van der Waals surface area contributed by atoms with Crippen LogP contribution in [-0.2, 0) is 4.79 Å². The molecule has 2 atom stereocenters. The molecule has 0 saturated carbocycles. The van der Waals surface area contributed by atoms with Gasteiger partial charge in [0.2, 0.25) is 5.91 Å². The number of carbonyl (C=O) groups is 1. The summed E-state index contributed by atoms with van der Waals surface area (Å²) < 4.78 is 1.05. The van der Waals surface area contributed by atoms with E-state index < -0.39 is 0 Å². The first-order chi connectivity index (χ1) is 8.61. The summed E-state index contributed by atoms with van der Waals surface area (Å²) in [7, 11) is 0. The standard InChI is InChI=1S/C13H18BrN3O/c14-11-3-1-9(2-4-11)12(7-15)17-6-5-10(8-17)13(16)18/h1-4,10,12H,5-8,15H2,(H2,16,18). The molecule has 2 unspecified atom stereocenters. The molecule has 0 radical (unpaired) electrons. The number of nitrogens with two attached hydrogens (primary N) is 2. The molecular weight excluding hydrogens is 294 g/mol. The van der Waals surface area contributed by atoms with Crippen LogP contribution in [0.2, 0.25) is 0 Å². The van der Waals surface area contributed by atoms with Crippen LogP contribution in [0.25, 0.3) is 0 Å². The second kappa shape index (κ2) is 5.82. The van der Waals surface area contributed by atoms with Crippen LogP contribution >= 0.6 is 15.9 Å². The molecule has 5 heteroatoms. The van der Waals surface area contributed by atoms with Crippen LogP contribution in [0.1, 0.15) is 18.0 Å². The van der Waals surface area contributed by atoms with Gasteiger partial charge in [-0.15, -0.1) is 0 Å². The second-order valence-electron chi connectivity index (χ2n) is 4.69. The van der Waals surface area contributed by atoms with Gasteiger partial charge in [-0.3, -0.25) is 9.69 Å². The first-order valence-corrected chi connectivity index (χ1v) is 6.90. The maximum absolute atomic E-state index is 11.2. The van der Waals surface area contributed by atoms with Gasteiger partial charge in [0.05, 0.1) is 5.92 Å². The predicted octanol–water partition coefficient (Wildman–Crippen LogP) is 1.26. The molecule has 1 aromatic carbocycles. The Morgan fingerprint density at radius 1 is 1.44 bits per heavy atom. The number of nitrogens with zero attached hydrogens (tertiary/aromatic N) is 1. The highest BCUT2D eigenvalue weighted by atomic mass is 79.9. The molecule has 2 rings (SSSR count). The van der Waals surface area contributed by atoms with Gasteiger partial charge in [-0.25, -0.2) is 0 Å². The Hall–Kier alpha value is -0.910. The average molecular weight is 312 g/mol. The summed E-state index contributed by atoms with van der Waals surface area (Å²) in [5.74, 6) is -0.237. The van der Waals surface area contributed by atoms with Crippen molar-refractivity contribution in [3.05, 3.63) is 34.3 Å². The third-order valence-electron chi connectivity index (χ3n) is 3.54. The Labute approximate surface area is 115 Å². The summed E-state index contributed by atoms with van der Waals surface area (Å²) in [6.45, 7) is 2.14. The maximum atomic E-state index is 11.2. The van der Waals surface area contributed by atoms with Crippen molar-refractivity contribution in [3.63, 3.8) is 0 Å². The normalized spacial score (nSPS) is 22.0. The first kappa shape index (κ1) is 13.5. The number of hydrogen-bond donors (Lipinski definition) is 2. The smallest absolute Gasteiger partial charge is 0.221 e. The van der Waals surface area contributed by atoms with Crippen molar-refractivity contribution < 1.29 is 4.79 Å². The number of rotatable bonds is 4. The van der Waals surface area contributed by atoms with Crippen molar-refractivity contribution in [1.29, 1.82) is 0 Å². The second-order valence-corrected chi connectivity index (χ2v) is 5.60. The molecule has 18 heavy (non-hydrogen) atoms. The van der Waals surface area contributed by atoms with Crippen LogP contribution in [0.4, 0.5) is 0 Å². The lowest BCUT2D eigenvalue weighted by Gasteiger charge is -2.27. The minimum Gasteiger partial charge on any atom is -0.369 e. The van der Waals surface area contributed by atoms with E-state index in [1.54, 1.807) is 0 Å². The molecule has 4 N–H and O–H groups in total. The molecule has 1 aromatic rings. The third kappa shape index (κ3) is 2.91. The van der Waals surface area contributed by atoms with Gasteiger partial charge in [-0.05, 0) is 30.7 Å². The molecule has 1 aliphatic rings. The number of primary amides is 1. The molecule has 0 bridgehead atoms. The van der Waals surface area contributed by atoms with E-state index in [2.05, 4.69) is 33.0 Å². The quantitative estimate of drug-likeness (QED) is 0.879. The van der Waals surface area contributed by atoms with Crippen molar-refractivity contribution in [1.82, 2.24) is 4.90 Å². The summed E-state index contributed by atoms with van der Waals surface area (Å²) in [5, 5.41) is 0. The fourth-order valence-corrected chi connectivity index (χ4v) is 2.75. The Morgan fingerprint density at radius 2 is 2.11 bits per heavy atom. The maximum Gasteiger partial charge on any atom is 0.221 e. The zero-order valence-corrected chi connectivity index (χ0v) is 11.8. The Kier molecular flexibility index (Phi) is 4.37. The molecule has 1 amide bonds. The van der Waals surface area contributed by atoms with Crippen molar-refractivity contribution >= 4 is 21.8 Å². The minimum absolute atomic E-state index is 0.0329. The highest BCUT2D eigenvalue weighted by molar-refractivity contribution is 9.10. The number of likely N-dealkylation sites (tertiary alicyclic amines) is 1. The molecule has 1 heterocycles. The summed E-state index contributed by atoms with van der Waals surface area (Å²) in [6, 6.07) is 8.33. The van der Waals surface area contributed by atoms with Gasteiger partial charge < -0.3 is 11.5 Å². The van der Waals surface area contributed by atoms with Crippen LogP contribution < -0.4 is 11.5 Å². The molecule has 0 spiro atoms. The van der Waals surface area contributed by atoms with Crippen molar-refractivity contribution in [2.75, 3.05) is 19.6 Å². The summed E-state index contributed by atoms with van der Waals surface area (Å²) in [4.78, 5) is 13.4. The van der Waals surface area contributed by atoms with Crippen molar-refractivity contribution in [3.8, 4) is 0 Å². The molecule has 1 aliphatic heterocycles. The van der Waals surface area contributed by atoms with E-state index >= 15 is 0 Å². The third-order valence-corrected chi connectivity index (χ3v) is 4.07. The van der Waals surface area contributed by atoms with Gasteiger partial charge in [0.1, 0.15) is 0 Å². The molecule has 0 aliphatic carbocycles. The Morgan fingerprint density at radius 3 is 2.61 bits per heavy atom. The molecular formula is C13H18BrN3O. The van der Waals surface area contributed by atoms with Gasteiger partial charge >= 0.3 is 0 Å². The topological polar surface area (TPSA) is 72.3 Å². The minimum atomic E-state index is -0.205.